The number of ether oxygens (including phenoxy) is 2. The fraction of sp³-hybridized carbons (Fsp3) is 0.333. The van der Waals surface area contributed by atoms with Crippen LogP contribution in [0.2, 0.25) is 0 Å². The summed E-state index contributed by atoms with van der Waals surface area (Å²) in [6, 6.07) is 9.44. The van der Waals surface area contributed by atoms with Gasteiger partial charge in [-0.25, -0.2) is 0 Å². The van der Waals surface area contributed by atoms with Gasteiger partial charge in [0.25, 0.3) is 0 Å². The summed E-state index contributed by atoms with van der Waals surface area (Å²) in [5, 5.41) is 2.99. The van der Waals surface area contributed by atoms with E-state index in [1.165, 1.54) is 0 Å². The predicted molar refractivity (Wildman–Crippen MR) is 88.7 cm³/mol. The molecule has 1 aromatic carbocycles. The molecule has 1 aromatic heterocycles. The Hall–Kier alpha value is -2.56. The van der Waals surface area contributed by atoms with E-state index < -0.39 is 0 Å². The molecular formula is C18H22N2O3. The zero-order valence-electron chi connectivity index (χ0n) is 13.7. The third kappa shape index (κ3) is 4.45. The lowest BCUT2D eigenvalue weighted by molar-refractivity contribution is -0.121. The number of nitrogens with one attached hydrogen (secondary N) is 1. The molecule has 0 saturated heterocycles. The second-order valence-corrected chi connectivity index (χ2v) is 5.22. The molecular weight excluding hydrogens is 292 g/mol. The molecule has 5 heteroatoms. The van der Waals surface area contributed by atoms with Crippen LogP contribution in [0.3, 0.4) is 0 Å². The van der Waals surface area contributed by atoms with Gasteiger partial charge in [0.1, 0.15) is 0 Å². The lowest BCUT2D eigenvalue weighted by Crippen LogP contribution is -2.26. The molecule has 1 amide bonds. The number of hydrogen-bond donors (Lipinski definition) is 1. The van der Waals surface area contributed by atoms with E-state index in [9.17, 15) is 4.79 Å². The standard InChI is InChI=1S/C18H22N2O3/c1-13(14-9-11-19-12-10-14)20-17(21)8-7-15-5-4-6-16(22-2)18(15)23-3/h4-6,9-13H,7-8H2,1-3H3,(H,20,21)/t13-/m1/s1. The van der Waals surface area contributed by atoms with E-state index in [1.807, 2.05) is 37.3 Å². The van der Waals surface area contributed by atoms with Crippen molar-refractivity contribution in [2.75, 3.05) is 14.2 Å². The Morgan fingerprint density at radius 3 is 2.57 bits per heavy atom. The number of benzene rings is 1. The summed E-state index contributed by atoms with van der Waals surface area (Å²) in [7, 11) is 3.21. The molecule has 0 spiro atoms. The van der Waals surface area contributed by atoms with E-state index in [2.05, 4.69) is 10.3 Å². The second kappa shape index (κ2) is 8.17. The Kier molecular flexibility index (Phi) is 5.97. The molecule has 0 bridgehead atoms. The van der Waals surface area contributed by atoms with Crippen molar-refractivity contribution in [3.05, 3.63) is 53.9 Å². The quantitative estimate of drug-likeness (QED) is 0.853. The van der Waals surface area contributed by atoms with Crippen molar-refractivity contribution in [2.45, 2.75) is 25.8 Å². The molecule has 0 fully saturated rings. The minimum absolute atomic E-state index is 0.000754. The predicted octanol–water partition coefficient (Wildman–Crippen LogP) is 2.91. The second-order valence-electron chi connectivity index (χ2n) is 5.22. The summed E-state index contributed by atoms with van der Waals surface area (Å²) in [6.45, 7) is 1.96. The first-order valence-electron chi connectivity index (χ1n) is 7.55. The van der Waals surface area contributed by atoms with Crippen molar-refractivity contribution < 1.29 is 14.3 Å². The van der Waals surface area contributed by atoms with Gasteiger partial charge in [0.15, 0.2) is 11.5 Å². The largest absolute Gasteiger partial charge is 0.493 e. The zero-order valence-corrected chi connectivity index (χ0v) is 13.7. The number of amides is 1. The Labute approximate surface area is 136 Å². The summed E-state index contributed by atoms with van der Waals surface area (Å²) < 4.78 is 10.7. The number of hydrogen-bond acceptors (Lipinski definition) is 4. The highest BCUT2D eigenvalue weighted by Crippen LogP contribution is 2.31. The van der Waals surface area contributed by atoms with E-state index in [-0.39, 0.29) is 11.9 Å². The van der Waals surface area contributed by atoms with Gasteiger partial charge in [-0.1, -0.05) is 12.1 Å². The highest BCUT2D eigenvalue weighted by Gasteiger charge is 2.13. The Morgan fingerprint density at radius 2 is 1.91 bits per heavy atom. The van der Waals surface area contributed by atoms with Gasteiger partial charge in [0.2, 0.25) is 5.91 Å². The summed E-state index contributed by atoms with van der Waals surface area (Å²) in [6.07, 6.45) is 4.42. The number of carbonyl (C=O) groups is 1. The minimum atomic E-state index is -0.0438. The van der Waals surface area contributed by atoms with E-state index in [4.69, 9.17) is 9.47 Å². The molecule has 122 valence electrons. The smallest absolute Gasteiger partial charge is 0.220 e. The number of aryl methyl sites for hydroxylation is 1. The van der Waals surface area contributed by atoms with Gasteiger partial charge in [0.05, 0.1) is 20.3 Å². The SMILES string of the molecule is COc1cccc(CCC(=O)N[C@H](C)c2ccncc2)c1OC. The van der Waals surface area contributed by atoms with E-state index in [0.29, 0.717) is 24.3 Å². The van der Waals surface area contributed by atoms with Crippen LogP contribution >= 0.6 is 0 Å². The molecule has 2 aromatic rings. The van der Waals surface area contributed by atoms with Gasteiger partial charge in [-0.3, -0.25) is 9.78 Å². The van der Waals surface area contributed by atoms with Crippen LogP contribution in [-0.2, 0) is 11.2 Å². The van der Waals surface area contributed by atoms with Gasteiger partial charge in [0, 0.05) is 18.8 Å². The first kappa shape index (κ1) is 16.8. The van der Waals surface area contributed by atoms with E-state index in [0.717, 1.165) is 11.1 Å². The number of aromatic nitrogens is 1. The fourth-order valence-corrected chi connectivity index (χ4v) is 2.45. The van der Waals surface area contributed by atoms with Crippen molar-refractivity contribution in [3.8, 4) is 11.5 Å². The summed E-state index contributed by atoms with van der Waals surface area (Å²) in [4.78, 5) is 16.1. The summed E-state index contributed by atoms with van der Waals surface area (Å²) in [5.74, 6) is 1.36. The fourth-order valence-electron chi connectivity index (χ4n) is 2.45. The monoisotopic (exact) mass is 314 g/mol. The van der Waals surface area contributed by atoms with Crippen molar-refractivity contribution in [1.29, 1.82) is 0 Å². The van der Waals surface area contributed by atoms with Gasteiger partial charge >= 0.3 is 0 Å². The van der Waals surface area contributed by atoms with Crippen molar-refractivity contribution in [2.24, 2.45) is 0 Å². The third-order valence-corrected chi connectivity index (χ3v) is 3.69. The molecule has 0 aliphatic rings. The molecule has 2 rings (SSSR count). The van der Waals surface area contributed by atoms with Crippen LogP contribution in [-0.4, -0.2) is 25.1 Å². The number of para-hydroxylation sites is 1. The Bertz CT molecular complexity index is 644. The molecule has 0 radical (unpaired) electrons. The number of nitrogens with zero attached hydrogens (tertiary/aromatic N) is 1. The first-order valence-corrected chi connectivity index (χ1v) is 7.55. The molecule has 1 N–H and O–H groups in total. The third-order valence-electron chi connectivity index (χ3n) is 3.69. The maximum absolute atomic E-state index is 12.2. The van der Waals surface area contributed by atoms with Crippen LogP contribution in [0, 0.1) is 0 Å². The summed E-state index contributed by atoms with van der Waals surface area (Å²) in [5.41, 5.74) is 1.99. The van der Waals surface area contributed by atoms with Gasteiger partial charge in [-0.2, -0.15) is 0 Å². The van der Waals surface area contributed by atoms with Crippen LogP contribution in [0.25, 0.3) is 0 Å². The van der Waals surface area contributed by atoms with Gasteiger partial charge in [-0.05, 0) is 42.7 Å². The maximum Gasteiger partial charge on any atom is 0.220 e. The van der Waals surface area contributed by atoms with E-state index >= 15 is 0 Å². The van der Waals surface area contributed by atoms with Gasteiger partial charge < -0.3 is 14.8 Å². The lowest BCUT2D eigenvalue weighted by Gasteiger charge is -2.15. The van der Waals surface area contributed by atoms with Crippen LogP contribution < -0.4 is 14.8 Å². The molecule has 0 aliphatic carbocycles. The van der Waals surface area contributed by atoms with E-state index in [1.54, 1.807) is 26.6 Å². The number of carbonyl (C=O) groups excluding carboxylic acids is 1. The zero-order chi connectivity index (χ0) is 16.7. The first-order chi connectivity index (χ1) is 11.2. The molecule has 0 aliphatic heterocycles. The highest BCUT2D eigenvalue weighted by atomic mass is 16.5. The minimum Gasteiger partial charge on any atom is -0.493 e. The number of pyridine rings is 1. The van der Waals surface area contributed by atoms with Gasteiger partial charge in [-0.15, -0.1) is 0 Å². The average Bonchev–Trinajstić information content (AvgIpc) is 2.60. The highest BCUT2D eigenvalue weighted by molar-refractivity contribution is 5.76. The van der Waals surface area contributed by atoms with Crippen LogP contribution in [0.15, 0.2) is 42.7 Å². The lowest BCUT2D eigenvalue weighted by atomic mass is 10.1. The van der Waals surface area contributed by atoms with Crippen molar-refractivity contribution in [1.82, 2.24) is 10.3 Å². The van der Waals surface area contributed by atoms with Crippen LogP contribution in [0.4, 0.5) is 0 Å². The Morgan fingerprint density at radius 1 is 1.17 bits per heavy atom. The van der Waals surface area contributed by atoms with Crippen molar-refractivity contribution >= 4 is 5.91 Å². The average molecular weight is 314 g/mol. The number of rotatable bonds is 7. The number of methoxy groups -OCH3 is 2. The van der Waals surface area contributed by atoms with Crippen LogP contribution in [0.1, 0.15) is 30.5 Å². The normalized spacial score (nSPS) is 11.6. The molecule has 1 heterocycles. The van der Waals surface area contributed by atoms with Crippen molar-refractivity contribution in [3.63, 3.8) is 0 Å². The molecule has 0 unspecified atom stereocenters. The van der Waals surface area contributed by atoms with Crippen LogP contribution in [0.5, 0.6) is 11.5 Å². The molecule has 23 heavy (non-hydrogen) atoms. The maximum atomic E-state index is 12.2. The molecule has 0 saturated carbocycles. The summed E-state index contributed by atoms with van der Waals surface area (Å²) >= 11 is 0. The Balaban J connectivity index is 1.95. The molecule has 1 atom stereocenters. The molecule has 5 nitrogen and oxygen atoms in total. The topological polar surface area (TPSA) is 60.5 Å².